The number of nitrogens with one attached hydrogen (secondary N) is 2. The predicted molar refractivity (Wildman–Crippen MR) is 89.0 cm³/mol. The van der Waals surface area contributed by atoms with Crippen LogP contribution in [0.3, 0.4) is 0 Å². The number of tetrazole rings is 1. The highest BCUT2D eigenvalue weighted by atomic mass is 16.2. The van der Waals surface area contributed by atoms with Gasteiger partial charge in [-0.3, -0.25) is 4.79 Å². The zero-order valence-electron chi connectivity index (χ0n) is 14.0. The third kappa shape index (κ3) is 3.12. The van der Waals surface area contributed by atoms with E-state index in [1.165, 1.54) is 11.0 Å². The van der Waals surface area contributed by atoms with Gasteiger partial charge in [0.25, 0.3) is 0 Å². The van der Waals surface area contributed by atoms with Gasteiger partial charge in [-0.25, -0.2) is 9.67 Å². The monoisotopic (exact) mass is 327 g/mol. The summed E-state index contributed by atoms with van der Waals surface area (Å²) < 4.78 is 1.51. The molecule has 8 nitrogen and oxygen atoms in total. The molecule has 3 atom stereocenters. The number of amides is 1. The smallest absolute Gasteiger partial charge is 0.245 e. The Hall–Kier alpha value is -2.77. The molecule has 2 N–H and O–H groups in total. The topological polar surface area (TPSA) is 101 Å². The predicted octanol–water partition coefficient (Wildman–Crippen LogP) is 2.01. The molecule has 0 bridgehead atoms. The molecule has 0 aliphatic heterocycles. The van der Waals surface area contributed by atoms with Crippen LogP contribution in [0, 0.1) is 5.92 Å². The van der Waals surface area contributed by atoms with Gasteiger partial charge in [0, 0.05) is 0 Å². The van der Waals surface area contributed by atoms with Crippen molar-refractivity contribution >= 4 is 16.9 Å². The molecule has 3 rings (SSSR count). The molecule has 24 heavy (non-hydrogen) atoms. The Balaban J connectivity index is 1.78. The Morgan fingerprint density at radius 3 is 2.79 bits per heavy atom. The third-order valence-electron chi connectivity index (χ3n) is 4.28. The van der Waals surface area contributed by atoms with Gasteiger partial charge in [0.2, 0.25) is 5.91 Å². The average molecular weight is 327 g/mol. The number of carbonyl (C=O) groups is 1. The molecule has 0 spiro atoms. The summed E-state index contributed by atoms with van der Waals surface area (Å²) >= 11 is 0. The molecule has 0 radical (unpaired) electrons. The molecule has 0 aliphatic carbocycles. The first kappa shape index (κ1) is 16.1. The standard InChI is InChI=1S/C16H21N7O/c1-4-10(2)14(23-9-17-21-22-23)16(24)18-11(3)15-19-12-7-5-6-8-13(12)20-15/h5-11,14H,4H2,1-3H3,(H,18,24)(H,19,20)/t10-,11-,14-/m0/s1. The van der Waals surface area contributed by atoms with E-state index in [-0.39, 0.29) is 17.9 Å². The van der Waals surface area contributed by atoms with E-state index in [2.05, 4.69) is 30.8 Å². The van der Waals surface area contributed by atoms with Crippen molar-refractivity contribution in [3.05, 3.63) is 36.4 Å². The van der Waals surface area contributed by atoms with Crippen LogP contribution in [0.2, 0.25) is 0 Å². The normalized spacial score (nSPS) is 15.1. The number of fused-ring (bicyclic) bond motifs is 1. The summed E-state index contributed by atoms with van der Waals surface area (Å²) in [5.41, 5.74) is 1.83. The summed E-state index contributed by atoms with van der Waals surface area (Å²) in [5, 5.41) is 14.2. The van der Waals surface area contributed by atoms with Gasteiger partial charge < -0.3 is 10.3 Å². The molecule has 126 valence electrons. The highest BCUT2D eigenvalue weighted by molar-refractivity contribution is 5.81. The molecular weight excluding hydrogens is 306 g/mol. The van der Waals surface area contributed by atoms with Gasteiger partial charge in [0.05, 0.1) is 17.1 Å². The first-order chi connectivity index (χ1) is 11.6. The summed E-state index contributed by atoms with van der Waals surface area (Å²) in [5.74, 6) is 0.713. The van der Waals surface area contributed by atoms with Crippen LogP contribution in [0.4, 0.5) is 0 Å². The summed E-state index contributed by atoms with van der Waals surface area (Å²) in [7, 11) is 0. The lowest BCUT2D eigenvalue weighted by atomic mass is 9.98. The molecule has 3 aromatic rings. The minimum Gasteiger partial charge on any atom is -0.345 e. The van der Waals surface area contributed by atoms with E-state index in [0.717, 1.165) is 23.3 Å². The molecule has 1 amide bonds. The number of para-hydroxylation sites is 2. The number of aromatic amines is 1. The minimum absolute atomic E-state index is 0.108. The van der Waals surface area contributed by atoms with Crippen LogP contribution in [-0.2, 0) is 4.79 Å². The molecular formula is C16H21N7O. The van der Waals surface area contributed by atoms with Crippen LogP contribution in [-0.4, -0.2) is 36.1 Å². The van der Waals surface area contributed by atoms with Crippen LogP contribution in [0.1, 0.15) is 45.1 Å². The van der Waals surface area contributed by atoms with Gasteiger partial charge in [-0.1, -0.05) is 32.4 Å². The van der Waals surface area contributed by atoms with Crippen LogP contribution in [0.5, 0.6) is 0 Å². The molecule has 0 fully saturated rings. The number of hydrogen-bond acceptors (Lipinski definition) is 5. The largest absolute Gasteiger partial charge is 0.345 e. The first-order valence-corrected chi connectivity index (χ1v) is 8.07. The van der Waals surface area contributed by atoms with Crippen molar-refractivity contribution in [2.45, 2.75) is 39.3 Å². The van der Waals surface area contributed by atoms with Crippen molar-refractivity contribution in [3.8, 4) is 0 Å². The second kappa shape index (κ2) is 6.77. The molecule has 0 saturated heterocycles. The van der Waals surface area contributed by atoms with Gasteiger partial charge in [0.1, 0.15) is 18.2 Å². The Labute approximate surface area is 139 Å². The fourth-order valence-corrected chi connectivity index (χ4v) is 2.70. The van der Waals surface area contributed by atoms with Crippen LogP contribution in [0.15, 0.2) is 30.6 Å². The number of imidazole rings is 1. The Bertz CT molecular complexity index is 778. The summed E-state index contributed by atoms with van der Waals surface area (Å²) in [6.45, 7) is 5.96. The maximum absolute atomic E-state index is 12.8. The summed E-state index contributed by atoms with van der Waals surface area (Å²) in [6.07, 6.45) is 2.32. The third-order valence-corrected chi connectivity index (χ3v) is 4.28. The Morgan fingerprint density at radius 1 is 1.33 bits per heavy atom. The molecule has 2 aromatic heterocycles. The van der Waals surface area contributed by atoms with Crippen LogP contribution < -0.4 is 5.32 Å². The lowest BCUT2D eigenvalue weighted by Crippen LogP contribution is -2.38. The molecule has 2 heterocycles. The fraction of sp³-hybridized carbons (Fsp3) is 0.438. The number of carbonyl (C=O) groups excluding carboxylic acids is 1. The van der Waals surface area contributed by atoms with Gasteiger partial charge in [-0.05, 0) is 35.4 Å². The van der Waals surface area contributed by atoms with E-state index in [1.54, 1.807) is 0 Å². The Morgan fingerprint density at radius 2 is 2.12 bits per heavy atom. The van der Waals surface area contributed by atoms with Gasteiger partial charge >= 0.3 is 0 Å². The minimum atomic E-state index is -0.447. The maximum Gasteiger partial charge on any atom is 0.245 e. The number of nitrogens with zero attached hydrogens (tertiary/aromatic N) is 5. The number of rotatable bonds is 6. The zero-order valence-corrected chi connectivity index (χ0v) is 14.0. The summed E-state index contributed by atoms with van der Waals surface area (Å²) in [6, 6.07) is 7.10. The van der Waals surface area contributed by atoms with E-state index >= 15 is 0 Å². The van der Waals surface area contributed by atoms with E-state index in [0.29, 0.717) is 0 Å². The fourth-order valence-electron chi connectivity index (χ4n) is 2.70. The first-order valence-electron chi connectivity index (χ1n) is 8.07. The highest BCUT2D eigenvalue weighted by Gasteiger charge is 2.28. The SMILES string of the molecule is CC[C@H](C)[C@@H](C(=O)N[C@@H](C)c1nc2ccccc2[nH]1)n1cnnn1. The molecule has 0 aliphatic rings. The van der Waals surface area contributed by atoms with Gasteiger partial charge in [0.15, 0.2) is 0 Å². The molecule has 0 saturated carbocycles. The van der Waals surface area contributed by atoms with Gasteiger partial charge in [-0.15, -0.1) is 5.10 Å². The van der Waals surface area contributed by atoms with Crippen molar-refractivity contribution in [2.24, 2.45) is 5.92 Å². The number of aromatic nitrogens is 6. The highest BCUT2D eigenvalue weighted by Crippen LogP contribution is 2.22. The number of hydrogen-bond donors (Lipinski definition) is 2. The quantitative estimate of drug-likeness (QED) is 0.721. The number of benzene rings is 1. The summed E-state index contributed by atoms with van der Waals surface area (Å²) in [4.78, 5) is 20.6. The second-order valence-electron chi connectivity index (χ2n) is 5.99. The maximum atomic E-state index is 12.8. The van der Waals surface area contributed by atoms with Crippen LogP contribution >= 0.6 is 0 Å². The zero-order chi connectivity index (χ0) is 17.1. The molecule has 1 aromatic carbocycles. The number of H-pyrrole nitrogens is 1. The van der Waals surface area contributed by atoms with E-state index < -0.39 is 6.04 Å². The van der Waals surface area contributed by atoms with Crippen molar-refractivity contribution in [1.82, 2.24) is 35.5 Å². The molecule has 0 unspecified atom stereocenters. The van der Waals surface area contributed by atoms with Crippen molar-refractivity contribution in [1.29, 1.82) is 0 Å². The molecule has 8 heteroatoms. The van der Waals surface area contributed by atoms with Crippen molar-refractivity contribution in [2.75, 3.05) is 0 Å². The van der Waals surface area contributed by atoms with Crippen molar-refractivity contribution in [3.63, 3.8) is 0 Å². The van der Waals surface area contributed by atoms with E-state index in [4.69, 9.17) is 0 Å². The average Bonchev–Trinajstić information content (AvgIpc) is 3.24. The lowest BCUT2D eigenvalue weighted by molar-refractivity contribution is -0.126. The Kier molecular flexibility index (Phi) is 4.54. The second-order valence-corrected chi connectivity index (χ2v) is 5.99. The van der Waals surface area contributed by atoms with Gasteiger partial charge in [-0.2, -0.15) is 0 Å². The van der Waals surface area contributed by atoms with Crippen molar-refractivity contribution < 1.29 is 4.79 Å². The lowest BCUT2D eigenvalue weighted by Gasteiger charge is -2.23. The van der Waals surface area contributed by atoms with E-state index in [1.807, 2.05) is 45.0 Å². The van der Waals surface area contributed by atoms with E-state index in [9.17, 15) is 4.79 Å². The van der Waals surface area contributed by atoms with Crippen LogP contribution in [0.25, 0.3) is 11.0 Å².